The van der Waals surface area contributed by atoms with Crippen molar-refractivity contribution in [1.82, 2.24) is 19.3 Å². The molecule has 0 bridgehead atoms. The summed E-state index contributed by atoms with van der Waals surface area (Å²) in [6, 6.07) is 0. The van der Waals surface area contributed by atoms with E-state index in [1.54, 1.807) is 18.1 Å². The molecule has 0 unspecified atom stereocenters. The van der Waals surface area contributed by atoms with Gasteiger partial charge in [0.2, 0.25) is 0 Å². The predicted octanol–water partition coefficient (Wildman–Crippen LogP) is 2.39. The first-order chi connectivity index (χ1) is 8.24. The Bertz CT molecular complexity index is 511. The molecule has 0 atom stereocenters. The fourth-order valence-electron chi connectivity index (χ4n) is 1.42. The smallest absolute Gasteiger partial charge is 0.176 e. The Morgan fingerprint density at radius 3 is 2.82 bits per heavy atom. The Hall–Kier alpha value is -1.21. The highest BCUT2D eigenvalue weighted by Crippen LogP contribution is 2.32. The average Bonchev–Trinajstić information content (AvgIpc) is 2.74. The molecule has 5 nitrogen and oxygen atoms in total. The number of anilines is 1. The number of hydrogen-bond donors (Lipinski definition) is 1. The summed E-state index contributed by atoms with van der Waals surface area (Å²) >= 11 is 2.94. The van der Waals surface area contributed by atoms with Crippen molar-refractivity contribution >= 4 is 29.1 Å². The van der Waals surface area contributed by atoms with Gasteiger partial charge in [0.1, 0.15) is 23.0 Å². The predicted molar refractivity (Wildman–Crippen MR) is 69.7 cm³/mol. The Kier molecular flexibility index (Phi) is 3.90. The van der Waals surface area contributed by atoms with E-state index in [1.807, 2.05) is 14.0 Å². The van der Waals surface area contributed by atoms with Crippen molar-refractivity contribution in [1.29, 1.82) is 0 Å². The normalized spacial score (nSPS) is 10.5. The Labute approximate surface area is 108 Å². The lowest BCUT2D eigenvalue weighted by Crippen LogP contribution is -2.01. The van der Waals surface area contributed by atoms with E-state index in [1.165, 1.54) is 11.5 Å². The van der Waals surface area contributed by atoms with Gasteiger partial charge in [-0.25, -0.2) is 15.0 Å². The third-order valence-electron chi connectivity index (χ3n) is 2.19. The minimum Gasteiger partial charge on any atom is -0.373 e. The summed E-state index contributed by atoms with van der Waals surface area (Å²) in [6.45, 7) is 3.98. The SMILES string of the molecule is CCc1c(NC)ncnc1Sc1nc(C)ns1. The summed E-state index contributed by atoms with van der Waals surface area (Å²) in [5, 5.41) is 4.03. The Morgan fingerprint density at radius 1 is 1.41 bits per heavy atom. The summed E-state index contributed by atoms with van der Waals surface area (Å²) < 4.78 is 5.08. The van der Waals surface area contributed by atoms with Crippen LogP contribution in [0, 0.1) is 6.92 Å². The molecule has 0 aliphatic carbocycles. The summed E-state index contributed by atoms with van der Waals surface area (Å²) in [4.78, 5) is 12.8. The number of rotatable bonds is 4. The molecule has 0 aromatic carbocycles. The number of aryl methyl sites for hydroxylation is 1. The van der Waals surface area contributed by atoms with Gasteiger partial charge in [0, 0.05) is 12.6 Å². The van der Waals surface area contributed by atoms with Crippen molar-refractivity contribution in [2.45, 2.75) is 29.6 Å². The van der Waals surface area contributed by atoms with Crippen LogP contribution in [0.1, 0.15) is 18.3 Å². The van der Waals surface area contributed by atoms with E-state index < -0.39 is 0 Å². The van der Waals surface area contributed by atoms with E-state index in [4.69, 9.17) is 0 Å². The topological polar surface area (TPSA) is 63.6 Å². The molecule has 0 saturated heterocycles. The third kappa shape index (κ3) is 2.73. The quantitative estimate of drug-likeness (QED) is 0.858. The van der Waals surface area contributed by atoms with Gasteiger partial charge in [0.25, 0.3) is 0 Å². The summed E-state index contributed by atoms with van der Waals surface area (Å²) in [6.07, 6.45) is 2.46. The van der Waals surface area contributed by atoms with Crippen LogP contribution in [0.4, 0.5) is 5.82 Å². The second-order valence-electron chi connectivity index (χ2n) is 3.32. The number of aromatic nitrogens is 4. The molecule has 90 valence electrons. The zero-order chi connectivity index (χ0) is 12.3. The minimum atomic E-state index is 0.804. The van der Waals surface area contributed by atoms with Crippen molar-refractivity contribution in [3.63, 3.8) is 0 Å². The highest BCUT2D eigenvalue weighted by atomic mass is 32.2. The summed E-state index contributed by atoms with van der Waals surface area (Å²) in [7, 11) is 1.87. The van der Waals surface area contributed by atoms with E-state index in [0.29, 0.717) is 0 Å². The molecule has 17 heavy (non-hydrogen) atoms. The van der Waals surface area contributed by atoms with Crippen LogP contribution in [0.2, 0.25) is 0 Å². The molecule has 7 heteroatoms. The maximum Gasteiger partial charge on any atom is 0.176 e. The second-order valence-corrected chi connectivity index (χ2v) is 5.31. The Morgan fingerprint density at radius 2 is 2.24 bits per heavy atom. The standard InChI is InChI=1S/C10H13N5S2/c1-4-7-8(11-3)12-5-13-9(7)16-10-14-6(2)15-17-10/h5H,4H2,1-3H3,(H,11,12,13). The van der Waals surface area contributed by atoms with Crippen LogP contribution in [0.25, 0.3) is 0 Å². The highest BCUT2D eigenvalue weighted by Gasteiger charge is 2.12. The monoisotopic (exact) mass is 267 g/mol. The molecule has 0 radical (unpaired) electrons. The average molecular weight is 267 g/mol. The van der Waals surface area contributed by atoms with Crippen molar-refractivity contribution in [3.05, 3.63) is 17.7 Å². The summed E-state index contributed by atoms with van der Waals surface area (Å²) in [5.41, 5.74) is 1.12. The van der Waals surface area contributed by atoms with E-state index in [0.717, 1.165) is 33.0 Å². The van der Waals surface area contributed by atoms with Crippen LogP contribution < -0.4 is 5.32 Å². The molecule has 0 amide bonds. The Balaban J connectivity index is 2.32. The molecule has 0 fully saturated rings. The van der Waals surface area contributed by atoms with E-state index in [2.05, 4.69) is 31.6 Å². The first-order valence-electron chi connectivity index (χ1n) is 5.24. The van der Waals surface area contributed by atoms with Gasteiger partial charge >= 0.3 is 0 Å². The lowest BCUT2D eigenvalue weighted by atomic mass is 10.2. The van der Waals surface area contributed by atoms with Gasteiger partial charge in [-0.2, -0.15) is 4.37 Å². The first-order valence-corrected chi connectivity index (χ1v) is 6.83. The fraction of sp³-hybridized carbons (Fsp3) is 0.400. The molecule has 0 aliphatic heterocycles. The van der Waals surface area contributed by atoms with Gasteiger partial charge in [0.05, 0.1) is 0 Å². The van der Waals surface area contributed by atoms with Crippen LogP contribution in [0.15, 0.2) is 15.7 Å². The molecule has 0 spiro atoms. The third-order valence-corrected chi connectivity index (χ3v) is 4.08. The zero-order valence-electron chi connectivity index (χ0n) is 9.89. The van der Waals surface area contributed by atoms with E-state index >= 15 is 0 Å². The van der Waals surface area contributed by atoms with Gasteiger partial charge in [-0.15, -0.1) is 0 Å². The molecule has 0 aliphatic rings. The lowest BCUT2D eigenvalue weighted by molar-refractivity contribution is 0.945. The van der Waals surface area contributed by atoms with Crippen molar-refractivity contribution in [2.75, 3.05) is 12.4 Å². The van der Waals surface area contributed by atoms with Crippen molar-refractivity contribution < 1.29 is 0 Å². The van der Waals surface area contributed by atoms with E-state index in [9.17, 15) is 0 Å². The van der Waals surface area contributed by atoms with Gasteiger partial charge in [-0.05, 0) is 36.6 Å². The maximum absolute atomic E-state index is 4.33. The van der Waals surface area contributed by atoms with Crippen LogP contribution in [-0.4, -0.2) is 26.4 Å². The molecular formula is C10H13N5S2. The molecule has 0 saturated carbocycles. The minimum absolute atomic E-state index is 0.804. The fourth-order valence-corrected chi connectivity index (χ4v) is 3.15. The van der Waals surface area contributed by atoms with Gasteiger partial charge in [-0.3, -0.25) is 0 Å². The lowest BCUT2D eigenvalue weighted by Gasteiger charge is -2.08. The van der Waals surface area contributed by atoms with Gasteiger partial charge in [0.15, 0.2) is 4.34 Å². The first kappa shape index (κ1) is 12.3. The van der Waals surface area contributed by atoms with Crippen LogP contribution in [0.5, 0.6) is 0 Å². The van der Waals surface area contributed by atoms with E-state index in [-0.39, 0.29) is 0 Å². The molecule has 2 aromatic rings. The zero-order valence-corrected chi connectivity index (χ0v) is 11.5. The number of nitrogens with one attached hydrogen (secondary N) is 1. The number of hydrogen-bond acceptors (Lipinski definition) is 7. The summed E-state index contributed by atoms with van der Waals surface area (Å²) in [5.74, 6) is 1.68. The molecule has 2 rings (SSSR count). The highest BCUT2D eigenvalue weighted by molar-refractivity contribution is 8.00. The van der Waals surface area contributed by atoms with Crippen LogP contribution in [0.3, 0.4) is 0 Å². The molecule has 1 N–H and O–H groups in total. The van der Waals surface area contributed by atoms with Crippen molar-refractivity contribution in [3.8, 4) is 0 Å². The largest absolute Gasteiger partial charge is 0.373 e. The van der Waals surface area contributed by atoms with Gasteiger partial charge < -0.3 is 5.32 Å². The molecular weight excluding hydrogens is 254 g/mol. The molecule has 2 aromatic heterocycles. The second kappa shape index (κ2) is 5.42. The van der Waals surface area contributed by atoms with Crippen LogP contribution >= 0.6 is 23.3 Å². The van der Waals surface area contributed by atoms with Crippen molar-refractivity contribution in [2.24, 2.45) is 0 Å². The number of nitrogens with zero attached hydrogens (tertiary/aromatic N) is 4. The maximum atomic E-state index is 4.33. The molecule has 2 heterocycles. The van der Waals surface area contributed by atoms with Crippen LogP contribution in [-0.2, 0) is 6.42 Å². The van der Waals surface area contributed by atoms with Gasteiger partial charge in [-0.1, -0.05) is 6.92 Å².